The minimum atomic E-state index is -0.0347. The molecule has 1 N–H and O–H groups in total. The summed E-state index contributed by atoms with van der Waals surface area (Å²) in [5.41, 5.74) is 3.51. The van der Waals surface area contributed by atoms with E-state index in [4.69, 9.17) is 0 Å². The lowest BCUT2D eigenvalue weighted by atomic mass is 10.0. The van der Waals surface area contributed by atoms with Gasteiger partial charge in [0.05, 0.1) is 0 Å². The molecule has 24 heavy (non-hydrogen) atoms. The Morgan fingerprint density at radius 2 is 1.79 bits per heavy atom. The molecule has 4 nitrogen and oxygen atoms in total. The van der Waals surface area contributed by atoms with Crippen molar-refractivity contribution in [3.05, 3.63) is 65.7 Å². The third kappa shape index (κ3) is 4.22. The minimum Gasteiger partial charge on any atom is -0.326 e. The largest absolute Gasteiger partial charge is 0.326 e. The number of amides is 1. The van der Waals surface area contributed by atoms with Crippen LogP contribution in [-0.2, 0) is 11.3 Å². The van der Waals surface area contributed by atoms with Crippen molar-refractivity contribution in [2.45, 2.75) is 19.5 Å². The SMILES string of the molecule is CC(=O)Nc1ccc(CN2CCN(C)[C@@H](c3ccccc3)C2)cc1. The Balaban J connectivity index is 1.64. The van der Waals surface area contributed by atoms with E-state index < -0.39 is 0 Å². The summed E-state index contributed by atoms with van der Waals surface area (Å²) >= 11 is 0. The van der Waals surface area contributed by atoms with E-state index in [0.717, 1.165) is 31.9 Å². The minimum absolute atomic E-state index is 0.0347. The molecule has 1 aliphatic rings. The molecule has 126 valence electrons. The zero-order valence-electron chi connectivity index (χ0n) is 14.4. The number of benzene rings is 2. The first-order valence-corrected chi connectivity index (χ1v) is 8.46. The molecule has 1 heterocycles. The Morgan fingerprint density at radius 3 is 2.46 bits per heavy atom. The number of hydrogen-bond acceptors (Lipinski definition) is 3. The second kappa shape index (κ2) is 7.60. The number of anilines is 1. The normalized spacial score (nSPS) is 19.2. The number of carbonyl (C=O) groups is 1. The first-order valence-electron chi connectivity index (χ1n) is 8.46. The molecule has 1 saturated heterocycles. The summed E-state index contributed by atoms with van der Waals surface area (Å²) in [6, 6.07) is 19.3. The summed E-state index contributed by atoms with van der Waals surface area (Å²) in [6.45, 7) is 5.66. The van der Waals surface area contributed by atoms with Crippen LogP contribution in [0.15, 0.2) is 54.6 Å². The molecule has 2 aromatic carbocycles. The maximum absolute atomic E-state index is 11.1. The Labute approximate surface area is 144 Å². The van der Waals surface area contributed by atoms with Gasteiger partial charge in [-0.1, -0.05) is 42.5 Å². The summed E-state index contributed by atoms with van der Waals surface area (Å²) in [5, 5.41) is 2.81. The number of nitrogens with zero attached hydrogens (tertiary/aromatic N) is 2. The van der Waals surface area contributed by atoms with Crippen molar-refractivity contribution in [1.82, 2.24) is 9.80 Å². The van der Waals surface area contributed by atoms with Crippen LogP contribution in [0, 0.1) is 0 Å². The smallest absolute Gasteiger partial charge is 0.221 e. The summed E-state index contributed by atoms with van der Waals surface area (Å²) in [6.07, 6.45) is 0. The quantitative estimate of drug-likeness (QED) is 0.939. The molecule has 1 atom stereocenters. The van der Waals surface area contributed by atoms with Crippen LogP contribution in [0.1, 0.15) is 24.1 Å². The molecule has 0 unspecified atom stereocenters. The van der Waals surface area contributed by atoms with E-state index in [1.807, 2.05) is 12.1 Å². The van der Waals surface area contributed by atoms with Gasteiger partial charge in [-0.05, 0) is 30.3 Å². The predicted molar refractivity (Wildman–Crippen MR) is 97.8 cm³/mol. The maximum atomic E-state index is 11.1. The van der Waals surface area contributed by atoms with Gasteiger partial charge in [-0.25, -0.2) is 0 Å². The fourth-order valence-corrected chi connectivity index (χ4v) is 3.26. The topological polar surface area (TPSA) is 35.6 Å². The second-order valence-electron chi connectivity index (χ2n) is 6.52. The first kappa shape index (κ1) is 16.7. The van der Waals surface area contributed by atoms with E-state index in [0.29, 0.717) is 6.04 Å². The van der Waals surface area contributed by atoms with Gasteiger partial charge in [-0.3, -0.25) is 14.6 Å². The molecule has 1 amide bonds. The zero-order chi connectivity index (χ0) is 16.9. The molecule has 1 aliphatic heterocycles. The molecule has 0 bridgehead atoms. The highest BCUT2D eigenvalue weighted by molar-refractivity contribution is 5.88. The lowest BCUT2D eigenvalue weighted by Gasteiger charge is -2.39. The van der Waals surface area contributed by atoms with Gasteiger partial charge < -0.3 is 5.32 Å². The Morgan fingerprint density at radius 1 is 1.08 bits per heavy atom. The number of hydrogen-bond donors (Lipinski definition) is 1. The Hall–Kier alpha value is -2.17. The lowest BCUT2D eigenvalue weighted by Crippen LogP contribution is -2.46. The average molecular weight is 323 g/mol. The molecule has 4 heteroatoms. The van der Waals surface area contributed by atoms with Crippen molar-refractivity contribution in [2.24, 2.45) is 0 Å². The Kier molecular flexibility index (Phi) is 5.28. The van der Waals surface area contributed by atoms with Crippen molar-refractivity contribution in [2.75, 3.05) is 32.0 Å². The number of nitrogens with one attached hydrogen (secondary N) is 1. The van der Waals surface area contributed by atoms with E-state index >= 15 is 0 Å². The molecule has 1 fully saturated rings. The molecule has 0 saturated carbocycles. The number of likely N-dealkylation sites (N-methyl/N-ethyl adjacent to an activating group) is 1. The third-order valence-electron chi connectivity index (χ3n) is 4.60. The van der Waals surface area contributed by atoms with Crippen LogP contribution in [-0.4, -0.2) is 42.4 Å². The van der Waals surface area contributed by atoms with Crippen molar-refractivity contribution >= 4 is 11.6 Å². The summed E-state index contributed by atoms with van der Waals surface area (Å²) in [7, 11) is 2.21. The number of rotatable bonds is 4. The number of carbonyl (C=O) groups excluding carboxylic acids is 1. The summed E-state index contributed by atoms with van der Waals surface area (Å²) in [4.78, 5) is 16.0. The van der Waals surface area contributed by atoms with Crippen LogP contribution in [0.25, 0.3) is 0 Å². The van der Waals surface area contributed by atoms with E-state index in [9.17, 15) is 4.79 Å². The first-order chi connectivity index (χ1) is 11.6. The van der Waals surface area contributed by atoms with Gasteiger partial charge in [-0.2, -0.15) is 0 Å². The van der Waals surface area contributed by atoms with Gasteiger partial charge in [0.1, 0.15) is 0 Å². The van der Waals surface area contributed by atoms with Gasteiger partial charge in [0.25, 0.3) is 0 Å². The van der Waals surface area contributed by atoms with E-state index in [1.54, 1.807) is 0 Å². The highest BCUT2D eigenvalue weighted by Gasteiger charge is 2.25. The molecule has 0 aromatic heterocycles. The molecule has 3 rings (SSSR count). The fraction of sp³-hybridized carbons (Fsp3) is 0.350. The predicted octanol–water partition coefficient (Wildman–Crippen LogP) is 3.13. The van der Waals surface area contributed by atoms with Crippen molar-refractivity contribution < 1.29 is 4.79 Å². The Bertz CT molecular complexity index is 669. The molecule has 0 radical (unpaired) electrons. The molecule has 2 aromatic rings. The van der Waals surface area contributed by atoms with Crippen LogP contribution in [0.3, 0.4) is 0 Å². The van der Waals surface area contributed by atoms with Gasteiger partial charge in [0.15, 0.2) is 0 Å². The highest BCUT2D eigenvalue weighted by atomic mass is 16.1. The maximum Gasteiger partial charge on any atom is 0.221 e. The monoisotopic (exact) mass is 323 g/mol. The molecular weight excluding hydrogens is 298 g/mol. The van der Waals surface area contributed by atoms with Crippen molar-refractivity contribution in [1.29, 1.82) is 0 Å². The standard InChI is InChI=1S/C20H25N3O/c1-16(24)21-19-10-8-17(9-11-19)14-23-13-12-22(2)20(15-23)18-6-4-3-5-7-18/h3-11,20H,12-15H2,1-2H3,(H,21,24)/t20-/m1/s1. The van der Waals surface area contributed by atoms with Crippen LogP contribution >= 0.6 is 0 Å². The zero-order valence-corrected chi connectivity index (χ0v) is 14.4. The van der Waals surface area contributed by atoms with Crippen LogP contribution in [0.4, 0.5) is 5.69 Å². The average Bonchev–Trinajstić information content (AvgIpc) is 2.59. The summed E-state index contributed by atoms with van der Waals surface area (Å²) < 4.78 is 0. The van der Waals surface area contributed by atoms with Gasteiger partial charge >= 0.3 is 0 Å². The van der Waals surface area contributed by atoms with Crippen LogP contribution in [0.5, 0.6) is 0 Å². The van der Waals surface area contributed by atoms with Crippen molar-refractivity contribution in [3.8, 4) is 0 Å². The van der Waals surface area contributed by atoms with E-state index in [2.05, 4.69) is 64.6 Å². The van der Waals surface area contributed by atoms with Crippen molar-refractivity contribution in [3.63, 3.8) is 0 Å². The molecular formula is C20H25N3O. The third-order valence-corrected chi connectivity index (χ3v) is 4.60. The van der Waals surface area contributed by atoms with Gasteiger partial charge in [0, 0.05) is 44.8 Å². The second-order valence-corrected chi connectivity index (χ2v) is 6.52. The van der Waals surface area contributed by atoms with Gasteiger partial charge in [0.2, 0.25) is 5.91 Å². The van der Waals surface area contributed by atoms with Crippen LogP contribution in [0.2, 0.25) is 0 Å². The highest BCUT2D eigenvalue weighted by Crippen LogP contribution is 2.25. The molecule has 0 aliphatic carbocycles. The fourth-order valence-electron chi connectivity index (χ4n) is 3.26. The molecule has 0 spiro atoms. The van der Waals surface area contributed by atoms with E-state index in [1.165, 1.54) is 18.1 Å². The number of piperazine rings is 1. The van der Waals surface area contributed by atoms with Gasteiger partial charge in [-0.15, -0.1) is 0 Å². The van der Waals surface area contributed by atoms with Crippen LogP contribution < -0.4 is 5.32 Å². The summed E-state index contributed by atoms with van der Waals surface area (Å²) in [5.74, 6) is -0.0347. The van der Waals surface area contributed by atoms with E-state index in [-0.39, 0.29) is 5.91 Å². The lowest BCUT2D eigenvalue weighted by molar-refractivity contribution is -0.114.